The zero-order valence-corrected chi connectivity index (χ0v) is 13.1. The van der Waals surface area contributed by atoms with Gasteiger partial charge in [-0.25, -0.2) is 14.2 Å². The van der Waals surface area contributed by atoms with Crippen LogP contribution in [0.2, 0.25) is 0 Å². The second kappa shape index (κ2) is 7.88. The number of nitrogens with zero attached hydrogens (tertiary/aromatic N) is 2. The lowest BCUT2D eigenvalue weighted by molar-refractivity contribution is 0.0522. The first-order chi connectivity index (χ1) is 11.6. The van der Waals surface area contributed by atoms with Crippen molar-refractivity contribution in [3.8, 4) is 17.7 Å². The molecule has 0 saturated carbocycles. The van der Waals surface area contributed by atoms with Crippen molar-refractivity contribution in [2.24, 2.45) is 0 Å². The van der Waals surface area contributed by atoms with Crippen LogP contribution in [0.15, 0.2) is 37.0 Å². The molecule has 0 aliphatic carbocycles. The number of halogens is 1. The van der Waals surface area contributed by atoms with Gasteiger partial charge in [-0.1, -0.05) is 18.7 Å². The summed E-state index contributed by atoms with van der Waals surface area (Å²) in [4.78, 5) is 16.2. The Morgan fingerprint density at radius 3 is 2.92 bits per heavy atom. The van der Waals surface area contributed by atoms with Crippen LogP contribution in [0, 0.1) is 17.1 Å². The topological polar surface area (TPSA) is 72.2 Å². The standard InChI is InChI=1S/C18H15FN2O3/c1-3-13-8-10-21-17(16(13)18(22)23-4-2)24-15-11-12(7-9-20)5-6-14(15)19/h3,5-6,8,10-11H,1,4,7H2,2H3. The molecule has 1 heterocycles. The van der Waals surface area contributed by atoms with Crippen molar-refractivity contribution < 1.29 is 18.7 Å². The number of hydrogen-bond acceptors (Lipinski definition) is 5. The zero-order valence-electron chi connectivity index (χ0n) is 13.1. The minimum Gasteiger partial charge on any atom is -0.462 e. The molecule has 0 aliphatic rings. The first-order valence-corrected chi connectivity index (χ1v) is 7.22. The predicted molar refractivity (Wildman–Crippen MR) is 86.1 cm³/mol. The second-order valence-corrected chi connectivity index (χ2v) is 4.71. The molecule has 0 aliphatic heterocycles. The maximum Gasteiger partial charge on any atom is 0.344 e. The lowest BCUT2D eigenvalue weighted by Gasteiger charge is -2.12. The molecule has 5 nitrogen and oxygen atoms in total. The van der Waals surface area contributed by atoms with Crippen LogP contribution in [-0.4, -0.2) is 17.6 Å². The summed E-state index contributed by atoms with van der Waals surface area (Å²) in [6.07, 6.45) is 3.00. The van der Waals surface area contributed by atoms with Crippen molar-refractivity contribution in [2.75, 3.05) is 6.61 Å². The summed E-state index contributed by atoms with van der Waals surface area (Å²) in [5, 5.41) is 8.74. The fraction of sp³-hybridized carbons (Fsp3) is 0.167. The third-order valence-electron chi connectivity index (χ3n) is 3.13. The zero-order chi connectivity index (χ0) is 17.5. The molecular formula is C18H15FN2O3. The molecule has 1 aromatic carbocycles. The molecule has 2 rings (SSSR count). The van der Waals surface area contributed by atoms with E-state index >= 15 is 0 Å². The van der Waals surface area contributed by atoms with Crippen molar-refractivity contribution in [1.82, 2.24) is 4.98 Å². The minimum absolute atomic E-state index is 0.0689. The summed E-state index contributed by atoms with van der Waals surface area (Å²) in [5.74, 6) is -1.47. The Hall–Kier alpha value is -3.20. The Balaban J connectivity index is 2.47. The van der Waals surface area contributed by atoms with E-state index in [1.165, 1.54) is 30.5 Å². The number of hydrogen-bond donors (Lipinski definition) is 0. The molecule has 6 heteroatoms. The minimum atomic E-state index is -0.635. The molecule has 2 aromatic rings. The van der Waals surface area contributed by atoms with Gasteiger partial charge in [0.05, 0.1) is 19.1 Å². The van der Waals surface area contributed by atoms with Crippen LogP contribution in [0.5, 0.6) is 11.6 Å². The molecular weight excluding hydrogens is 311 g/mol. The number of aromatic nitrogens is 1. The van der Waals surface area contributed by atoms with E-state index in [0.717, 1.165) is 0 Å². The van der Waals surface area contributed by atoms with Crippen molar-refractivity contribution in [3.63, 3.8) is 0 Å². The number of carbonyl (C=O) groups is 1. The van der Waals surface area contributed by atoms with Gasteiger partial charge in [0.15, 0.2) is 11.6 Å². The average Bonchev–Trinajstić information content (AvgIpc) is 2.58. The van der Waals surface area contributed by atoms with E-state index in [9.17, 15) is 9.18 Å². The van der Waals surface area contributed by atoms with Gasteiger partial charge < -0.3 is 9.47 Å². The van der Waals surface area contributed by atoms with Gasteiger partial charge in [-0.15, -0.1) is 0 Å². The number of ether oxygens (including phenoxy) is 2. The van der Waals surface area contributed by atoms with E-state index in [0.29, 0.717) is 11.1 Å². The SMILES string of the molecule is C=Cc1ccnc(Oc2cc(CC#N)ccc2F)c1C(=O)OCC. The summed E-state index contributed by atoms with van der Waals surface area (Å²) in [7, 11) is 0. The summed E-state index contributed by atoms with van der Waals surface area (Å²) in [5.41, 5.74) is 1.12. The highest BCUT2D eigenvalue weighted by Gasteiger charge is 2.20. The second-order valence-electron chi connectivity index (χ2n) is 4.71. The highest BCUT2D eigenvalue weighted by atomic mass is 19.1. The lowest BCUT2D eigenvalue weighted by Crippen LogP contribution is -2.10. The number of pyridine rings is 1. The maximum atomic E-state index is 14.0. The van der Waals surface area contributed by atoms with Crippen molar-refractivity contribution in [3.05, 3.63) is 59.5 Å². The predicted octanol–water partition coefficient (Wildman–Crippen LogP) is 3.90. The molecule has 0 bridgehead atoms. The molecule has 0 spiro atoms. The van der Waals surface area contributed by atoms with Gasteiger partial charge in [-0.05, 0) is 36.2 Å². The first kappa shape index (κ1) is 17.2. The summed E-state index contributed by atoms with van der Waals surface area (Å²) in [6, 6.07) is 7.64. The van der Waals surface area contributed by atoms with Crippen LogP contribution in [0.1, 0.15) is 28.4 Å². The van der Waals surface area contributed by atoms with Gasteiger partial charge >= 0.3 is 5.97 Å². The number of esters is 1. The van der Waals surface area contributed by atoms with Crippen LogP contribution < -0.4 is 4.74 Å². The van der Waals surface area contributed by atoms with Gasteiger partial charge in [0.25, 0.3) is 0 Å². The van der Waals surface area contributed by atoms with Crippen molar-refractivity contribution in [2.45, 2.75) is 13.3 Å². The molecule has 24 heavy (non-hydrogen) atoms. The normalized spacial score (nSPS) is 9.88. The molecule has 0 saturated heterocycles. The van der Waals surface area contributed by atoms with Gasteiger partial charge in [-0.2, -0.15) is 5.26 Å². The maximum absolute atomic E-state index is 14.0. The largest absolute Gasteiger partial charge is 0.462 e. The number of benzene rings is 1. The fourth-order valence-electron chi connectivity index (χ4n) is 2.04. The fourth-order valence-corrected chi connectivity index (χ4v) is 2.04. The van der Waals surface area contributed by atoms with Crippen molar-refractivity contribution >= 4 is 12.0 Å². The third kappa shape index (κ3) is 3.76. The first-order valence-electron chi connectivity index (χ1n) is 7.22. The molecule has 122 valence electrons. The average molecular weight is 326 g/mol. The molecule has 0 unspecified atom stereocenters. The molecule has 0 amide bonds. The summed E-state index contributed by atoms with van der Waals surface area (Å²) >= 11 is 0. The monoisotopic (exact) mass is 326 g/mol. The highest BCUT2D eigenvalue weighted by molar-refractivity contribution is 5.96. The number of rotatable bonds is 6. The van der Waals surface area contributed by atoms with Crippen molar-refractivity contribution in [1.29, 1.82) is 5.26 Å². The van der Waals surface area contributed by atoms with E-state index < -0.39 is 11.8 Å². The van der Waals surface area contributed by atoms with E-state index in [2.05, 4.69) is 11.6 Å². The Bertz CT molecular complexity index is 812. The van der Waals surface area contributed by atoms with E-state index in [-0.39, 0.29) is 30.2 Å². The van der Waals surface area contributed by atoms with E-state index in [1.54, 1.807) is 13.0 Å². The Kier molecular flexibility index (Phi) is 5.63. The summed E-state index contributed by atoms with van der Waals surface area (Å²) < 4.78 is 24.5. The van der Waals surface area contributed by atoms with Crippen LogP contribution >= 0.6 is 0 Å². The Morgan fingerprint density at radius 1 is 1.46 bits per heavy atom. The van der Waals surface area contributed by atoms with E-state index in [1.807, 2.05) is 6.07 Å². The van der Waals surface area contributed by atoms with Crippen LogP contribution in [0.3, 0.4) is 0 Å². The van der Waals surface area contributed by atoms with Gasteiger partial charge in [0.2, 0.25) is 5.88 Å². The van der Waals surface area contributed by atoms with Gasteiger partial charge in [0, 0.05) is 6.20 Å². The van der Waals surface area contributed by atoms with Crippen LogP contribution in [0.4, 0.5) is 4.39 Å². The van der Waals surface area contributed by atoms with Crippen LogP contribution in [0.25, 0.3) is 6.08 Å². The smallest absolute Gasteiger partial charge is 0.344 e. The quantitative estimate of drug-likeness (QED) is 0.753. The molecule has 0 radical (unpaired) electrons. The van der Waals surface area contributed by atoms with E-state index in [4.69, 9.17) is 14.7 Å². The van der Waals surface area contributed by atoms with Gasteiger partial charge in [-0.3, -0.25) is 0 Å². The molecule has 1 aromatic heterocycles. The molecule has 0 atom stereocenters. The molecule has 0 N–H and O–H groups in total. The van der Waals surface area contributed by atoms with Crippen LogP contribution in [-0.2, 0) is 11.2 Å². The third-order valence-corrected chi connectivity index (χ3v) is 3.13. The highest BCUT2D eigenvalue weighted by Crippen LogP contribution is 2.29. The lowest BCUT2D eigenvalue weighted by atomic mass is 10.1. The summed E-state index contributed by atoms with van der Waals surface area (Å²) in [6.45, 7) is 5.49. The Morgan fingerprint density at radius 2 is 2.25 bits per heavy atom. The Labute approximate surface area is 139 Å². The number of nitriles is 1. The molecule has 0 fully saturated rings. The van der Waals surface area contributed by atoms with Gasteiger partial charge in [0.1, 0.15) is 5.56 Å². The number of carbonyl (C=O) groups excluding carboxylic acids is 1.